The Morgan fingerprint density at radius 3 is 2.47 bits per heavy atom. The third-order valence-electron chi connectivity index (χ3n) is 3.46. The van der Waals surface area contributed by atoms with Crippen molar-refractivity contribution in [2.45, 2.75) is 51.1 Å². The monoisotopic (exact) mass is 241 g/mol. The van der Waals surface area contributed by atoms with Crippen LogP contribution in [0.5, 0.6) is 0 Å². The summed E-state index contributed by atoms with van der Waals surface area (Å²) in [7, 11) is 1.72. The Bertz CT molecular complexity index is 300. The fourth-order valence-electron chi connectivity index (χ4n) is 1.97. The zero-order valence-corrected chi connectivity index (χ0v) is 11.0. The lowest BCUT2D eigenvalue weighted by Crippen LogP contribution is -2.52. The molecule has 0 spiro atoms. The van der Waals surface area contributed by atoms with E-state index in [1.54, 1.807) is 18.9 Å². The third-order valence-corrected chi connectivity index (χ3v) is 3.46. The molecule has 0 saturated heterocycles. The number of carbonyl (C=O) groups excluding carboxylic acids is 2. The average molecular weight is 241 g/mol. The minimum absolute atomic E-state index is 0.0690. The number of likely N-dealkylation sites (N-methyl/N-ethyl adjacent to an activating group) is 1. The highest BCUT2D eigenvalue weighted by atomic mass is 16.2. The van der Waals surface area contributed by atoms with Gasteiger partial charge in [0.05, 0.1) is 0 Å². The summed E-state index contributed by atoms with van der Waals surface area (Å²) < 4.78 is 0. The summed E-state index contributed by atoms with van der Waals surface area (Å²) in [5.74, 6) is -0.196. The Hall–Kier alpha value is -1.10. The van der Waals surface area contributed by atoms with Crippen molar-refractivity contribution in [3.05, 3.63) is 0 Å². The molecule has 0 radical (unpaired) electrons. The van der Waals surface area contributed by atoms with Gasteiger partial charge in [-0.3, -0.25) is 9.59 Å². The number of nitrogens with two attached hydrogens (primary N) is 1. The van der Waals surface area contributed by atoms with Crippen molar-refractivity contribution in [1.82, 2.24) is 10.2 Å². The molecule has 0 aliphatic heterocycles. The molecule has 2 amide bonds. The van der Waals surface area contributed by atoms with Crippen molar-refractivity contribution in [3.63, 3.8) is 0 Å². The highest BCUT2D eigenvalue weighted by Crippen LogP contribution is 2.31. The van der Waals surface area contributed by atoms with E-state index in [1.165, 1.54) is 0 Å². The van der Waals surface area contributed by atoms with Crippen LogP contribution in [-0.2, 0) is 9.59 Å². The van der Waals surface area contributed by atoms with Gasteiger partial charge in [-0.2, -0.15) is 0 Å². The summed E-state index contributed by atoms with van der Waals surface area (Å²) in [5, 5.41) is 2.71. The highest BCUT2D eigenvalue weighted by molar-refractivity contribution is 5.87. The number of hydrogen-bond donors (Lipinski definition) is 2. The summed E-state index contributed by atoms with van der Waals surface area (Å²) in [5.41, 5.74) is 5.66. The van der Waals surface area contributed by atoms with Crippen molar-refractivity contribution in [2.75, 3.05) is 13.6 Å². The predicted molar refractivity (Wildman–Crippen MR) is 66.3 cm³/mol. The molecular formula is C12H23N3O2. The van der Waals surface area contributed by atoms with Gasteiger partial charge in [0.1, 0.15) is 6.04 Å². The van der Waals surface area contributed by atoms with Gasteiger partial charge in [0, 0.05) is 25.6 Å². The van der Waals surface area contributed by atoms with Gasteiger partial charge in [-0.25, -0.2) is 0 Å². The molecule has 1 atom stereocenters. The van der Waals surface area contributed by atoms with E-state index in [0.29, 0.717) is 13.0 Å². The molecule has 1 unspecified atom stereocenters. The highest BCUT2D eigenvalue weighted by Gasteiger charge is 2.35. The van der Waals surface area contributed by atoms with Crippen LogP contribution in [0.15, 0.2) is 0 Å². The molecule has 1 fully saturated rings. The van der Waals surface area contributed by atoms with E-state index < -0.39 is 6.04 Å². The molecule has 98 valence electrons. The molecule has 0 aromatic rings. The second-order valence-corrected chi connectivity index (χ2v) is 5.03. The zero-order valence-electron chi connectivity index (χ0n) is 11.0. The normalized spacial score (nSPS) is 19.1. The maximum Gasteiger partial charge on any atom is 0.244 e. The smallest absolute Gasteiger partial charge is 0.244 e. The lowest BCUT2D eigenvalue weighted by molar-refractivity contribution is -0.135. The van der Waals surface area contributed by atoms with Crippen LogP contribution < -0.4 is 11.1 Å². The Morgan fingerprint density at radius 1 is 1.47 bits per heavy atom. The fraction of sp³-hybridized carbons (Fsp3) is 0.833. The molecule has 0 bridgehead atoms. The van der Waals surface area contributed by atoms with E-state index in [2.05, 4.69) is 5.32 Å². The third kappa shape index (κ3) is 3.70. The Morgan fingerprint density at radius 2 is 2.06 bits per heavy atom. The van der Waals surface area contributed by atoms with E-state index in [-0.39, 0.29) is 17.4 Å². The van der Waals surface area contributed by atoms with Crippen molar-refractivity contribution in [1.29, 1.82) is 0 Å². The number of rotatable bonds is 5. The molecule has 1 aliphatic rings. The quantitative estimate of drug-likeness (QED) is 0.724. The minimum atomic E-state index is -0.476. The molecule has 0 heterocycles. The van der Waals surface area contributed by atoms with Gasteiger partial charge in [-0.15, -0.1) is 0 Å². The molecule has 1 rings (SSSR count). The number of nitrogens with zero attached hydrogens (tertiary/aromatic N) is 1. The molecule has 3 N–H and O–H groups in total. The van der Waals surface area contributed by atoms with Gasteiger partial charge in [0.15, 0.2) is 0 Å². The summed E-state index contributed by atoms with van der Waals surface area (Å²) in [6.07, 6.45) is 3.21. The van der Waals surface area contributed by atoms with E-state index in [4.69, 9.17) is 5.73 Å². The van der Waals surface area contributed by atoms with Crippen LogP contribution in [0, 0.1) is 0 Å². The topological polar surface area (TPSA) is 75.4 Å². The van der Waals surface area contributed by atoms with Crippen LogP contribution in [0.25, 0.3) is 0 Å². The van der Waals surface area contributed by atoms with E-state index in [0.717, 1.165) is 19.3 Å². The van der Waals surface area contributed by atoms with Gasteiger partial charge in [0.25, 0.3) is 0 Å². The number of carbonyl (C=O) groups is 2. The largest absolute Gasteiger partial charge is 0.345 e. The van der Waals surface area contributed by atoms with E-state index in [9.17, 15) is 9.59 Å². The molecule has 5 heteroatoms. The Kier molecular flexibility index (Phi) is 4.51. The van der Waals surface area contributed by atoms with E-state index in [1.807, 2.05) is 6.92 Å². The summed E-state index contributed by atoms with van der Waals surface area (Å²) >= 11 is 0. The predicted octanol–water partition coefficient (Wildman–Crippen LogP) is 0.241. The summed E-state index contributed by atoms with van der Waals surface area (Å²) in [4.78, 5) is 25.0. The molecule has 17 heavy (non-hydrogen) atoms. The molecular weight excluding hydrogens is 218 g/mol. The average Bonchev–Trinajstić information content (AvgIpc) is 2.24. The molecule has 1 saturated carbocycles. The second kappa shape index (κ2) is 5.49. The lowest BCUT2D eigenvalue weighted by Gasteiger charge is -2.37. The zero-order chi connectivity index (χ0) is 13.1. The van der Waals surface area contributed by atoms with E-state index >= 15 is 0 Å². The van der Waals surface area contributed by atoms with Crippen molar-refractivity contribution < 1.29 is 9.59 Å². The van der Waals surface area contributed by atoms with Crippen LogP contribution in [0.4, 0.5) is 0 Å². The molecule has 5 nitrogen and oxygen atoms in total. The molecule has 0 aromatic heterocycles. The van der Waals surface area contributed by atoms with Gasteiger partial charge in [-0.05, 0) is 33.1 Å². The van der Waals surface area contributed by atoms with Crippen LogP contribution in [-0.4, -0.2) is 41.9 Å². The first-order valence-electron chi connectivity index (χ1n) is 6.21. The maximum atomic E-state index is 11.7. The second-order valence-electron chi connectivity index (χ2n) is 5.03. The summed E-state index contributed by atoms with van der Waals surface area (Å²) in [6.45, 7) is 4.24. The fourth-order valence-corrected chi connectivity index (χ4v) is 1.97. The maximum absolute atomic E-state index is 11.7. The molecule has 1 aliphatic carbocycles. The van der Waals surface area contributed by atoms with Gasteiger partial charge >= 0.3 is 0 Å². The SMILES string of the molecule is CCN(C)C(=O)C(C)NC(=O)CC1(N)CCC1. The van der Waals surface area contributed by atoms with Crippen molar-refractivity contribution in [2.24, 2.45) is 5.73 Å². The van der Waals surface area contributed by atoms with Gasteiger partial charge in [0.2, 0.25) is 11.8 Å². The minimum Gasteiger partial charge on any atom is -0.345 e. The van der Waals surface area contributed by atoms with Crippen molar-refractivity contribution in [3.8, 4) is 0 Å². The number of amides is 2. The van der Waals surface area contributed by atoms with Crippen LogP contribution in [0.3, 0.4) is 0 Å². The summed E-state index contributed by atoms with van der Waals surface area (Å²) in [6, 6.07) is -0.476. The lowest BCUT2D eigenvalue weighted by atomic mass is 9.75. The van der Waals surface area contributed by atoms with Crippen LogP contribution in [0.1, 0.15) is 39.5 Å². The first-order valence-corrected chi connectivity index (χ1v) is 6.21. The van der Waals surface area contributed by atoms with Gasteiger partial charge in [-0.1, -0.05) is 0 Å². The van der Waals surface area contributed by atoms with Crippen molar-refractivity contribution >= 4 is 11.8 Å². The standard InChI is InChI=1S/C12H23N3O2/c1-4-15(3)11(17)9(2)14-10(16)8-12(13)6-5-7-12/h9H,4-8,13H2,1-3H3,(H,14,16). The van der Waals surface area contributed by atoms with Crippen LogP contribution >= 0.6 is 0 Å². The molecule has 0 aromatic carbocycles. The first-order chi connectivity index (χ1) is 7.88. The Balaban J connectivity index is 2.37. The van der Waals surface area contributed by atoms with Crippen LogP contribution in [0.2, 0.25) is 0 Å². The number of nitrogens with one attached hydrogen (secondary N) is 1. The Labute approximate surface area is 103 Å². The first kappa shape index (κ1) is 14.0. The number of hydrogen-bond acceptors (Lipinski definition) is 3. The van der Waals surface area contributed by atoms with Gasteiger partial charge < -0.3 is 16.0 Å².